The average Bonchev–Trinajstić information content (AvgIpc) is 3.00. The van der Waals surface area contributed by atoms with Crippen LogP contribution in [-0.2, 0) is 13.5 Å². The molecule has 1 unspecified atom stereocenters. The molecule has 0 spiro atoms. The van der Waals surface area contributed by atoms with Crippen molar-refractivity contribution in [2.45, 2.75) is 19.8 Å². The fourth-order valence-corrected chi connectivity index (χ4v) is 3.31. The van der Waals surface area contributed by atoms with Crippen molar-refractivity contribution in [3.8, 4) is 5.75 Å². The number of fused-ring (bicyclic) bond motifs is 1. The number of hydrogen-bond acceptors (Lipinski definition) is 2. The number of aromatic nitrogens is 1. The second kappa shape index (κ2) is 4.89. The summed E-state index contributed by atoms with van der Waals surface area (Å²) in [5.41, 5.74) is 4.03. The minimum absolute atomic E-state index is 0.774. The Balaban J connectivity index is 2.09. The largest absolute Gasteiger partial charge is 0.495 e. The summed E-state index contributed by atoms with van der Waals surface area (Å²) in [6.07, 6.45) is 4.73. The summed E-state index contributed by atoms with van der Waals surface area (Å²) in [6.45, 7) is 4.51. The molecule has 1 aromatic carbocycles. The normalized spacial score (nSPS) is 19.2. The summed E-state index contributed by atoms with van der Waals surface area (Å²) in [4.78, 5) is 0. The minimum Gasteiger partial charge on any atom is -0.495 e. The lowest BCUT2D eigenvalue weighted by Gasteiger charge is -2.09. The summed E-state index contributed by atoms with van der Waals surface area (Å²) < 4.78 is 7.72. The summed E-state index contributed by atoms with van der Waals surface area (Å²) in [5.74, 6) is 1.75. The Morgan fingerprint density at radius 1 is 1.42 bits per heavy atom. The molecule has 1 aliphatic heterocycles. The maximum Gasteiger partial charge on any atom is 0.143 e. The van der Waals surface area contributed by atoms with E-state index in [1.54, 1.807) is 7.11 Å². The summed E-state index contributed by atoms with van der Waals surface area (Å²) in [6, 6.07) is 4.23. The fraction of sp³-hybridized carbons (Fsp3) is 0.500. The van der Waals surface area contributed by atoms with E-state index in [1.165, 1.54) is 34.9 Å². The average molecular weight is 258 g/mol. The van der Waals surface area contributed by atoms with E-state index in [9.17, 15) is 0 Å². The van der Waals surface area contributed by atoms with Crippen LogP contribution in [0.2, 0.25) is 0 Å². The van der Waals surface area contributed by atoms with E-state index in [0.717, 1.165) is 24.8 Å². The molecule has 0 radical (unpaired) electrons. The van der Waals surface area contributed by atoms with Crippen LogP contribution in [0.3, 0.4) is 0 Å². The number of rotatable bonds is 3. The Hall–Kier alpha value is -1.48. The number of methoxy groups -OCH3 is 1. The summed E-state index contributed by atoms with van der Waals surface area (Å²) >= 11 is 0. The van der Waals surface area contributed by atoms with Gasteiger partial charge in [0, 0.05) is 18.6 Å². The number of ether oxygens (including phenoxy) is 1. The summed E-state index contributed by atoms with van der Waals surface area (Å²) in [7, 11) is 3.86. The van der Waals surface area contributed by atoms with Crippen molar-refractivity contribution < 1.29 is 4.74 Å². The van der Waals surface area contributed by atoms with Gasteiger partial charge in [-0.25, -0.2) is 0 Å². The lowest BCUT2D eigenvalue weighted by molar-refractivity contribution is 0.418. The van der Waals surface area contributed by atoms with Gasteiger partial charge in [-0.1, -0.05) is 6.07 Å². The van der Waals surface area contributed by atoms with E-state index >= 15 is 0 Å². The zero-order valence-electron chi connectivity index (χ0n) is 12.0. The standard InChI is InChI=1S/C16H22N2O/c1-11-4-5-14(19-3)16-15(11)13(10-18(16)2)8-12-6-7-17-9-12/h4-5,10,12,17H,6-9H2,1-3H3. The molecule has 0 saturated carbocycles. The number of aryl methyl sites for hydroxylation is 2. The molecular weight excluding hydrogens is 236 g/mol. The van der Waals surface area contributed by atoms with Crippen molar-refractivity contribution in [3.63, 3.8) is 0 Å². The second-order valence-corrected chi connectivity index (χ2v) is 5.64. The topological polar surface area (TPSA) is 26.2 Å². The van der Waals surface area contributed by atoms with Crippen LogP contribution in [-0.4, -0.2) is 24.8 Å². The quantitative estimate of drug-likeness (QED) is 0.916. The molecule has 0 amide bonds. The molecule has 3 rings (SSSR count). The molecule has 2 heterocycles. The van der Waals surface area contributed by atoms with Crippen LogP contribution in [0.5, 0.6) is 5.75 Å². The Bertz CT molecular complexity index is 594. The van der Waals surface area contributed by atoms with E-state index < -0.39 is 0 Å². The Morgan fingerprint density at radius 3 is 2.95 bits per heavy atom. The highest BCUT2D eigenvalue weighted by Crippen LogP contribution is 2.33. The Labute approximate surface area is 114 Å². The molecule has 1 aliphatic rings. The maximum absolute atomic E-state index is 5.51. The number of benzene rings is 1. The van der Waals surface area contributed by atoms with Crippen molar-refractivity contribution in [2.24, 2.45) is 13.0 Å². The van der Waals surface area contributed by atoms with Gasteiger partial charge < -0.3 is 14.6 Å². The molecule has 0 aliphatic carbocycles. The van der Waals surface area contributed by atoms with Gasteiger partial charge in [0.25, 0.3) is 0 Å². The van der Waals surface area contributed by atoms with E-state index in [-0.39, 0.29) is 0 Å². The molecule has 3 heteroatoms. The zero-order chi connectivity index (χ0) is 13.4. The van der Waals surface area contributed by atoms with Gasteiger partial charge in [0.2, 0.25) is 0 Å². The molecule has 2 aromatic rings. The van der Waals surface area contributed by atoms with Gasteiger partial charge >= 0.3 is 0 Å². The highest BCUT2D eigenvalue weighted by molar-refractivity contribution is 5.92. The van der Waals surface area contributed by atoms with E-state index in [0.29, 0.717) is 0 Å². The third kappa shape index (κ3) is 2.12. The molecule has 1 fully saturated rings. The van der Waals surface area contributed by atoms with Crippen LogP contribution in [0, 0.1) is 12.8 Å². The van der Waals surface area contributed by atoms with Crippen LogP contribution < -0.4 is 10.1 Å². The molecule has 1 atom stereocenters. The molecule has 19 heavy (non-hydrogen) atoms. The van der Waals surface area contributed by atoms with Crippen molar-refractivity contribution in [2.75, 3.05) is 20.2 Å². The first-order valence-corrected chi connectivity index (χ1v) is 7.03. The zero-order valence-corrected chi connectivity index (χ0v) is 12.0. The Kier molecular flexibility index (Phi) is 3.23. The SMILES string of the molecule is COc1ccc(C)c2c(CC3CCNC3)cn(C)c12. The molecule has 1 aromatic heterocycles. The number of hydrogen-bond donors (Lipinski definition) is 1. The number of nitrogens with zero attached hydrogens (tertiary/aromatic N) is 1. The van der Waals surface area contributed by atoms with Gasteiger partial charge in [-0.3, -0.25) is 0 Å². The highest BCUT2D eigenvalue weighted by Gasteiger charge is 2.19. The summed E-state index contributed by atoms with van der Waals surface area (Å²) in [5, 5.41) is 4.84. The molecule has 102 valence electrons. The van der Waals surface area contributed by atoms with Gasteiger partial charge in [0.15, 0.2) is 0 Å². The van der Waals surface area contributed by atoms with Gasteiger partial charge in [-0.2, -0.15) is 0 Å². The van der Waals surface area contributed by atoms with Gasteiger partial charge in [0.05, 0.1) is 12.6 Å². The predicted molar refractivity (Wildman–Crippen MR) is 78.9 cm³/mol. The van der Waals surface area contributed by atoms with Gasteiger partial charge in [0.1, 0.15) is 5.75 Å². The van der Waals surface area contributed by atoms with Crippen molar-refractivity contribution >= 4 is 10.9 Å². The minimum atomic E-state index is 0.774. The molecule has 0 bridgehead atoms. The van der Waals surface area contributed by atoms with Crippen LogP contribution in [0.25, 0.3) is 10.9 Å². The maximum atomic E-state index is 5.51. The predicted octanol–water partition coefficient (Wildman–Crippen LogP) is 2.65. The van der Waals surface area contributed by atoms with Crippen LogP contribution >= 0.6 is 0 Å². The fourth-order valence-electron chi connectivity index (χ4n) is 3.31. The van der Waals surface area contributed by atoms with Crippen LogP contribution in [0.4, 0.5) is 0 Å². The van der Waals surface area contributed by atoms with Gasteiger partial charge in [-0.15, -0.1) is 0 Å². The third-order valence-electron chi connectivity index (χ3n) is 4.26. The van der Waals surface area contributed by atoms with Crippen molar-refractivity contribution in [1.82, 2.24) is 9.88 Å². The van der Waals surface area contributed by atoms with Crippen LogP contribution in [0.1, 0.15) is 17.5 Å². The molecule has 3 nitrogen and oxygen atoms in total. The first kappa shape index (κ1) is 12.5. The van der Waals surface area contributed by atoms with Crippen molar-refractivity contribution in [1.29, 1.82) is 0 Å². The van der Waals surface area contributed by atoms with Crippen LogP contribution in [0.15, 0.2) is 18.3 Å². The lowest BCUT2D eigenvalue weighted by atomic mass is 9.96. The third-order valence-corrected chi connectivity index (χ3v) is 4.26. The smallest absolute Gasteiger partial charge is 0.143 e. The lowest BCUT2D eigenvalue weighted by Crippen LogP contribution is -2.10. The van der Waals surface area contributed by atoms with Gasteiger partial charge in [-0.05, 0) is 56.0 Å². The monoisotopic (exact) mass is 258 g/mol. The van der Waals surface area contributed by atoms with E-state index in [1.807, 2.05) is 0 Å². The first-order valence-electron chi connectivity index (χ1n) is 7.03. The van der Waals surface area contributed by atoms with Crippen molar-refractivity contribution in [3.05, 3.63) is 29.5 Å². The number of nitrogens with one attached hydrogen (secondary N) is 1. The van der Waals surface area contributed by atoms with E-state index in [2.05, 4.69) is 42.2 Å². The second-order valence-electron chi connectivity index (χ2n) is 5.64. The first-order chi connectivity index (χ1) is 9.20. The molecule has 1 N–H and O–H groups in total. The Morgan fingerprint density at radius 2 is 2.26 bits per heavy atom. The molecular formula is C16H22N2O. The highest BCUT2D eigenvalue weighted by atomic mass is 16.5. The van der Waals surface area contributed by atoms with E-state index in [4.69, 9.17) is 4.74 Å². The molecule has 1 saturated heterocycles.